The Hall–Kier alpha value is -1.02. The average molecular weight is 344 g/mol. The van der Waals surface area contributed by atoms with Gasteiger partial charge in [0, 0.05) is 23.3 Å². The molecular formula is C13H18BrN3O3. The van der Waals surface area contributed by atoms with E-state index in [0.717, 1.165) is 4.47 Å². The molecule has 1 amide bonds. The third-order valence-electron chi connectivity index (χ3n) is 3.18. The van der Waals surface area contributed by atoms with Gasteiger partial charge in [-0.05, 0) is 35.0 Å². The SMILES string of the molecule is CC1COC(CO)CN1CC(=O)Nc1ccc(Br)cn1. The van der Waals surface area contributed by atoms with Gasteiger partial charge in [-0.15, -0.1) is 0 Å². The molecular weight excluding hydrogens is 326 g/mol. The molecule has 0 bridgehead atoms. The molecule has 2 atom stereocenters. The van der Waals surface area contributed by atoms with Gasteiger partial charge in [0.2, 0.25) is 5.91 Å². The van der Waals surface area contributed by atoms with Crippen molar-refractivity contribution < 1.29 is 14.6 Å². The first-order chi connectivity index (χ1) is 9.58. The van der Waals surface area contributed by atoms with Gasteiger partial charge >= 0.3 is 0 Å². The summed E-state index contributed by atoms with van der Waals surface area (Å²) in [5.41, 5.74) is 0. The number of hydrogen-bond acceptors (Lipinski definition) is 5. The maximum Gasteiger partial charge on any atom is 0.239 e. The van der Waals surface area contributed by atoms with Gasteiger partial charge in [0.15, 0.2) is 0 Å². The summed E-state index contributed by atoms with van der Waals surface area (Å²) in [6, 6.07) is 3.71. The number of aromatic nitrogens is 1. The van der Waals surface area contributed by atoms with Crippen molar-refractivity contribution in [2.75, 3.05) is 31.6 Å². The number of carbonyl (C=O) groups excluding carboxylic acids is 1. The first-order valence-corrected chi connectivity index (χ1v) is 7.25. The maximum absolute atomic E-state index is 12.0. The molecule has 1 aliphatic rings. The van der Waals surface area contributed by atoms with Crippen LogP contribution >= 0.6 is 15.9 Å². The van der Waals surface area contributed by atoms with E-state index in [1.54, 1.807) is 12.3 Å². The van der Waals surface area contributed by atoms with E-state index in [1.807, 2.05) is 17.9 Å². The number of hydrogen-bond donors (Lipinski definition) is 2. The van der Waals surface area contributed by atoms with Gasteiger partial charge in [-0.25, -0.2) is 4.98 Å². The van der Waals surface area contributed by atoms with Crippen LogP contribution in [0.2, 0.25) is 0 Å². The lowest BCUT2D eigenvalue weighted by Gasteiger charge is -2.36. The second kappa shape index (κ2) is 7.12. The third-order valence-corrected chi connectivity index (χ3v) is 3.65. The van der Waals surface area contributed by atoms with Crippen molar-refractivity contribution >= 4 is 27.7 Å². The summed E-state index contributed by atoms with van der Waals surface area (Å²) in [5.74, 6) is 0.406. The van der Waals surface area contributed by atoms with E-state index in [4.69, 9.17) is 9.84 Å². The van der Waals surface area contributed by atoms with Crippen LogP contribution in [0.15, 0.2) is 22.8 Å². The maximum atomic E-state index is 12.0. The van der Waals surface area contributed by atoms with Gasteiger partial charge in [-0.1, -0.05) is 0 Å². The lowest BCUT2D eigenvalue weighted by molar-refractivity contribution is -0.122. The van der Waals surface area contributed by atoms with Crippen LogP contribution < -0.4 is 5.32 Å². The molecule has 7 heteroatoms. The lowest BCUT2D eigenvalue weighted by atomic mass is 10.2. The highest BCUT2D eigenvalue weighted by atomic mass is 79.9. The fourth-order valence-corrected chi connectivity index (χ4v) is 2.26. The topological polar surface area (TPSA) is 74.7 Å². The molecule has 2 N–H and O–H groups in total. The van der Waals surface area contributed by atoms with E-state index >= 15 is 0 Å². The Morgan fingerprint density at radius 2 is 2.45 bits per heavy atom. The number of amides is 1. The molecule has 110 valence electrons. The molecule has 1 aromatic heterocycles. The summed E-state index contributed by atoms with van der Waals surface area (Å²) >= 11 is 3.29. The monoisotopic (exact) mass is 343 g/mol. The van der Waals surface area contributed by atoms with Crippen molar-refractivity contribution in [3.8, 4) is 0 Å². The molecule has 6 nitrogen and oxygen atoms in total. The van der Waals surface area contributed by atoms with E-state index in [1.165, 1.54) is 0 Å². The Kier molecular flexibility index (Phi) is 5.47. The summed E-state index contributed by atoms with van der Waals surface area (Å²) in [6.45, 7) is 3.31. The first kappa shape index (κ1) is 15.4. The molecule has 2 heterocycles. The Morgan fingerprint density at radius 3 is 3.10 bits per heavy atom. The van der Waals surface area contributed by atoms with Gasteiger partial charge in [-0.2, -0.15) is 0 Å². The smallest absolute Gasteiger partial charge is 0.239 e. The van der Waals surface area contributed by atoms with Crippen LogP contribution in [0.4, 0.5) is 5.82 Å². The normalized spacial score (nSPS) is 23.6. The molecule has 2 unspecified atom stereocenters. The highest BCUT2D eigenvalue weighted by Gasteiger charge is 2.27. The van der Waals surface area contributed by atoms with Crippen molar-refractivity contribution in [3.63, 3.8) is 0 Å². The quantitative estimate of drug-likeness (QED) is 0.848. The van der Waals surface area contributed by atoms with Crippen LogP contribution in [0.3, 0.4) is 0 Å². The first-order valence-electron chi connectivity index (χ1n) is 6.46. The highest BCUT2D eigenvalue weighted by Crippen LogP contribution is 2.13. The number of nitrogens with zero attached hydrogens (tertiary/aromatic N) is 2. The van der Waals surface area contributed by atoms with Gasteiger partial charge in [0.05, 0.1) is 25.9 Å². The minimum absolute atomic E-state index is 0.0287. The van der Waals surface area contributed by atoms with Gasteiger partial charge in [0.25, 0.3) is 0 Å². The third kappa shape index (κ3) is 4.24. The zero-order valence-electron chi connectivity index (χ0n) is 11.3. The Labute approximate surface area is 126 Å². The number of halogens is 1. The number of aliphatic hydroxyl groups is 1. The van der Waals surface area contributed by atoms with Crippen molar-refractivity contribution in [1.29, 1.82) is 0 Å². The number of rotatable bonds is 4. The second-order valence-electron chi connectivity index (χ2n) is 4.83. The van der Waals surface area contributed by atoms with Crippen LogP contribution in [0.25, 0.3) is 0 Å². The van der Waals surface area contributed by atoms with Crippen molar-refractivity contribution in [2.24, 2.45) is 0 Å². The highest BCUT2D eigenvalue weighted by molar-refractivity contribution is 9.10. The molecule has 0 aromatic carbocycles. The summed E-state index contributed by atoms with van der Waals surface area (Å²) in [6.07, 6.45) is 1.42. The van der Waals surface area contributed by atoms with E-state index in [0.29, 0.717) is 19.0 Å². The number of ether oxygens (including phenoxy) is 1. The molecule has 0 radical (unpaired) electrons. The Morgan fingerprint density at radius 1 is 1.65 bits per heavy atom. The molecule has 0 saturated carbocycles. The van der Waals surface area contributed by atoms with Crippen molar-refractivity contribution in [2.45, 2.75) is 19.1 Å². The van der Waals surface area contributed by atoms with Crippen LogP contribution in [0.1, 0.15) is 6.92 Å². The van der Waals surface area contributed by atoms with E-state index in [9.17, 15) is 4.79 Å². The summed E-state index contributed by atoms with van der Waals surface area (Å²) in [5, 5.41) is 11.9. The number of anilines is 1. The number of pyridine rings is 1. The van der Waals surface area contributed by atoms with E-state index < -0.39 is 0 Å². The molecule has 0 spiro atoms. The Bertz CT molecular complexity index is 455. The van der Waals surface area contributed by atoms with E-state index in [2.05, 4.69) is 26.2 Å². The fraction of sp³-hybridized carbons (Fsp3) is 0.538. The predicted octanol–water partition coefficient (Wildman–Crippen LogP) is 0.864. The standard InChI is InChI=1S/C13H18BrN3O3/c1-9-8-20-11(7-18)5-17(9)6-13(19)16-12-3-2-10(14)4-15-12/h2-4,9,11,18H,5-8H2,1H3,(H,15,16,19). The summed E-state index contributed by atoms with van der Waals surface area (Å²) in [4.78, 5) is 18.1. The van der Waals surface area contributed by atoms with Crippen molar-refractivity contribution in [3.05, 3.63) is 22.8 Å². The van der Waals surface area contributed by atoms with Crippen LogP contribution in [-0.4, -0.2) is 59.3 Å². The molecule has 20 heavy (non-hydrogen) atoms. The molecule has 1 saturated heterocycles. The van der Waals surface area contributed by atoms with Crippen LogP contribution in [-0.2, 0) is 9.53 Å². The fourth-order valence-electron chi connectivity index (χ4n) is 2.02. The minimum atomic E-state index is -0.218. The molecule has 1 fully saturated rings. The number of nitrogens with one attached hydrogen (secondary N) is 1. The molecule has 2 rings (SSSR count). The van der Waals surface area contributed by atoms with E-state index in [-0.39, 0.29) is 31.2 Å². The Balaban J connectivity index is 1.88. The predicted molar refractivity (Wildman–Crippen MR) is 78.4 cm³/mol. The number of aliphatic hydroxyl groups excluding tert-OH is 1. The number of morpholine rings is 1. The molecule has 1 aromatic rings. The zero-order valence-corrected chi connectivity index (χ0v) is 12.8. The average Bonchev–Trinajstić information content (AvgIpc) is 2.44. The summed E-state index contributed by atoms with van der Waals surface area (Å²) in [7, 11) is 0. The van der Waals surface area contributed by atoms with Gasteiger partial charge in [-0.3, -0.25) is 9.69 Å². The second-order valence-corrected chi connectivity index (χ2v) is 5.74. The molecule has 1 aliphatic heterocycles. The minimum Gasteiger partial charge on any atom is -0.394 e. The largest absolute Gasteiger partial charge is 0.394 e. The lowest BCUT2D eigenvalue weighted by Crippen LogP contribution is -2.51. The van der Waals surface area contributed by atoms with Crippen LogP contribution in [0, 0.1) is 0 Å². The summed E-state index contributed by atoms with van der Waals surface area (Å²) < 4.78 is 6.31. The van der Waals surface area contributed by atoms with Crippen molar-refractivity contribution in [1.82, 2.24) is 9.88 Å². The van der Waals surface area contributed by atoms with Crippen LogP contribution in [0.5, 0.6) is 0 Å². The number of carbonyl (C=O) groups is 1. The van der Waals surface area contributed by atoms with Gasteiger partial charge < -0.3 is 15.2 Å². The molecule has 0 aliphatic carbocycles. The zero-order chi connectivity index (χ0) is 14.5. The van der Waals surface area contributed by atoms with Gasteiger partial charge in [0.1, 0.15) is 5.82 Å².